The van der Waals surface area contributed by atoms with Crippen LogP contribution in [0.2, 0.25) is 0 Å². The summed E-state index contributed by atoms with van der Waals surface area (Å²) in [5.74, 6) is 0.883. The smallest absolute Gasteiger partial charge is 0.119 e. The van der Waals surface area contributed by atoms with Crippen LogP contribution in [0.25, 0.3) is 0 Å². The van der Waals surface area contributed by atoms with E-state index in [1.54, 1.807) is 0 Å². The highest BCUT2D eigenvalue weighted by Crippen LogP contribution is 2.21. The number of aliphatic hydroxyl groups is 1. The number of hydrogen-bond acceptors (Lipinski definition) is 3. The first-order valence-electron chi connectivity index (χ1n) is 5.32. The molecule has 15 heavy (non-hydrogen) atoms. The van der Waals surface area contributed by atoms with Crippen LogP contribution in [0.1, 0.15) is 24.9 Å². The molecule has 1 aromatic carbocycles. The number of ether oxygens (including phenoxy) is 1. The molecule has 0 fully saturated rings. The van der Waals surface area contributed by atoms with Gasteiger partial charge in [0.1, 0.15) is 5.75 Å². The van der Waals surface area contributed by atoms with Crippen molar-refractivity contribution >= 4 is 0 Å². The molecule has 0 aromatic heterocycles. The quantitative estimate of drug-likeness (QED) is 0.749. The summed E-state index contributed by atoms with van der Waals surface area (Å²) in [7, 11) is 1.90. The molecule has 2 N–H and O–H groups in total. The van der Waals surface area contributed by atoms with Crippen LogP contribution in [0.3, 0.4) is 0 Å². The van der Waals surface area contributed by atoms with E-state index in [1.165, 1.54) is 0 Å². The number of benzene rings is 1. The van der Waals surface area contributed by atoms with E-state index in [1.807, 2.05) is 38.2 Å². The first-order chi connectivity index (χ1) is 7.31. The van der Waals surface area contributed by atoms with Gasteiger partial charge in [-0.1, -0.05) is 12.1 Å². The second kappa shape index (κ2) is 6.43. The lowest BCUT2D eigenvalue weighted by Crippen LogP contribution is -2.17. The van der Waals surface area contributed by atoms with E-state index in [9.17, 15) is 0 Å². The average molecular weight is 209 g/mol. The van der Waals surface area contributed by atoms with E-state index in [0.29, 0.717) is 13.0 Å². The molecule has 0 aliphatic rings. The van der Waals surface area contributed by atoms with E-state index >= 15 is 0 Å². The van der Waals surface area contributed by atoms with Gasteiger partial charge in [-0.3, -0.25) is 0 Å². The Kier molecular flexibility index (Phi) is 5.15. The van der Waals surface area contributed by atoms with Gasteiger partial charge in [0, 0.05) is 12.6 Å². The highest BCUT2D eigenvalue weighted by molar-refractivity contribution is 5.30. The lowest BCUT2D eigenvalue weighted by atomic mass is 10.0. The molecular weight excluding hydrogens is 190 g/mol. The predicted octanol–water partition coefficient (Wildman–Crippen LogP) is 1.73. The predicted molar refractivity (Wildman–Crippen MR) is 61.1 cm³/mol. The minimum absolute atomic E-state index is 0.185. The van der Waals surface area contributed by atoms with Crippen LogP contribution in [0.5, 0.6) is 5.75 Å². The molecule has 0 amide bonds. The van der Waals surface area contributed by atoms with Crippen LogP contribution in [0.4, 0.5) is 0 Å². The van der Waals surface area contributed by atoms with Gasteiger partial charge in [-0.25, -0.2) is 0 Å². The van der Waals surface area contributed by atoms with Crippen molar-refractivity contribution in [3.63, 3.8) is 0 Å². The number of aliphatic hydroxyl groups excluding tert-OH is 1. The maximum atomic E-state index is 8.93. The number of hydrogen-bond donors (Lipinski definition) is 2. The molecule has 1 aromatic rings. The maximum absolute atomic E-state index is 8.93. The van der Waals surface area contributed by atoms with Gasteiger partial charge in [0.2, 0.25) is 0 Å². The van der Waals surface area contributed by atoms with E-state index in [2.05, 4.69) is 5.32 Å². The molecule has 1 unspecified atom stereocenters. The Bertz CT molecular complexity index is 289. The van der Waals surface area contributed by atoms with Crippen molar-refractivity contribution in [2.24, 2.45) is 0 Å². The van der Waals surface area contributed by atoms with Crippen molar-refractivity contribution in [3.8, 4) is 5.75 Å². The molecule has 0 bridgehead atoms. The highest BCUT2D eigenvalue weighted by atomic mass is 16.5. The Labute approximate surface area is 91.1 Å². The number of nitrogens with one attached hydrogen (secondary N) is 1. The Hall–Kier alpha value is -1.06. The van der Waals surface area contributed by atoms with Crippen LogP contribution in [0, 0.1) is 0 Å². The average Bonchev–Trinajstić information content (AvgIpc) is 2.27. The zero-order chi connectivity index (χ0) is 11.1. The van der Waals surface area contributed by atoms with E-state index in [-0.39, 0.29) is 12.6 Å². The molecule has 84 valence electrons. The van der Waals surface area contributed by atoms with Gasteiger partial charge < -0.3 is 15.2 Å². The highest BCUT2D eigenvalue weighted by Gasteiger charge is 2.08. The molecule has 0 heterocycles. The van der Waals surface area contributed by atoms with Crippen molar-refractivity contribution in [3.05, 3.63) is 29.8 Å². The number of rotatable bonds is 6. The molecule has 0 aliphatic heterocycles. The van der Waals surface area contributed by atoms with Crippen LogP contribution in [-0.4, -0.2) is 25.4 Å². The van der Waals surface area contributed by atoms with Crippen molar-refractivity contribution in [1.82, 2.24) is 5.32 Å². The molecule has 0 saturated carbocycles. The van der Waals surface area contributed by atoms with Gasteiger partial charge in [0.15, 0.2) is 0 Å². The molecule has 0 radical (unpaired) electrons. The first kappa shape index (κ1) is 12.0. The summed E-state index contributed by atoms with van der Waals surface area (Å²) in [4.78, 5) is 0. The topological polar surface area (TPSA) is 41.5 Å². The Morgan fingerprint density at radius 3 is 2.87 bits per heavy atom. The van der Waals surface area contributed by atoms with Crippen molar-refractivity contribution in [2.75, 3.05) is 20.3 Å². The summed E-state index contributed by atoms with van der Waals surface area (Å²) in [5, 5.41) is 12.1. The third-order valence-electron chi connectivity index (χ3n) is 2.34. The summed E-state index contributed by atoms with van der Waals surface area (Å²) in [6.07, 6.45) is 0.714. The van der Waals surface area contributed by atoms with Gasteiger partial charge in [-0.15, -0.1) is 0 Å². The minimum Gasteiger partial charge on any atom is -0.494 e. The first-order valence-corrected chi connectivity index (χ1v) is 5.32. The third kappa shape index (κ3) is 3.53. The molecule has 0 aliphatic carbocycles. The van der Waals surface area contributed by atoms with Crippen LogP contribution in [0.15, 0.2) is 24.3 Å². The van der Waals surface area contributed by atoms with E-state index in [0.717, 1.165) is 11.3 Å². The Balaban J connectivity index is 2.77. The van der Waals surface area contributed by atoms with E-state index < -0.39 is 0 Å². The van der Waals surface area contributed by atoms with Crippen molar-refractivity contribution in [2.45, 2.75) is 19.4 Å². The molecule has 3 nitrogen and oxygen atoms in total. The Morgan fingerprint density at radius 2 is 2.27 bits per heavy atom. The van der Waals surface area contributed by atoms with Crippen LogP contribution in [-0.2, 0) is 0 Å². The van der Waals surface area contributed by atoms with Gasteiger partial charge in [-0.2, -0.15) is 0 Å². The van der Waals surface area contributed by atoms with E-state index in [4.69, 9.17) is 9.84 Å². The lowest BCUT2D eigenvalue weighted by molar-refractivity contribution is 0.268. The lowest BCUT2D eigenvalue weighted by Gasteiger charge is -2.16. The molecule has 3 heteroatoms. The fourth-order valence-corrected chi connectivity index (χ4v) is 1.59. The minimum atomic E-state index is 0.185. The molecule has 1 rings (SSSR count). The normalized spacial score (nSPS) is 12.5. The zero-order valence-electron chi connectivity index (χ0n) is 9.36. The standard InChI is InChI=1S/C12H19NO2/c1-3-15-11-6-4-5-10(9-11)12(13-2)7-8-14/h4-6,9,12-14H,3,7-8H2,1-2H3. The van der Waals surface area contributed by atoms with Crippen LogP contribution >= 0.6 is 0 Å². The summed E-state index contributed by atoms with van der Waals surface area (Å²) >= 11 is 0. The SMILES string of the molecule is CCOc1cccc(C(CCO)NC)c1. The summed E-state index contributed by atoms with van der Waals surface area (Å²) in [5.41, 5.74) is 1.15. The zero-order valence-corrected chi connectivity index (χ0v) is 9.36. The maximum Gasteiger partial charge on any atom is 0.119 e. The largest absolute Gasteiger partial charge is 0.494 e. The summed E-state index contributed by atoms with van der Waals surface area (Å²) in [6, 6.07) is 8.16. The van der Waals surface area contributed by atoms with Gasteiger partial charge in [0.05, 0.1) is 6.61 Å². The van der Waals surface area contributed by atoms with Crippen LogP contribution < -0.4 is 10.1 Å². The summed E-state index contributed by atoms with van der Waals surface area (Å²) < 4.78 is 5.43. The third-order valence-corrected chi connectivity index (χ3v) is 2.34. The van der Waals surface area contributed by atoms with Crippen molar-refractivity contribution < 1.29 is 9.84 Å². The van der Waals surface area contributed by atoms with Gasteiger partial charge >= 0.3 is 0 Å². The second-order valence-electron chi connectivity index (χ2n) is 3.36. The molecule has 0 spiro atoms. The fraction of sp³-hybridized carbons (Fsp3) is 0.500. The van der Waals surface area contributed by atoms with Crippen molar-refractivity contribution in [1.29, 1.82) is 0 Å². The Morgan fingerprint density at radius 1 is 1.47 bits per heavy atom. The van der Waals surface area contributed by atoms with Gasteiger partial charge in [-0.05, 0) is 38.1 Å². The monoisotopic (exact) mass is 209 g/mol. The molecule has 0 saturated heterocycles. The summed E-state index contributed by atoms with van der Waals surface area (Å²) in [6.45, 7) is 2.83. The molecule has 1 atom stereocenters. The fourth-order valence-electron chi connectivity index (χ4n) is 1.59. The second-order valence-corrected chi connectivity index (χ2v) is 3.36. The molecular formula is C12H19NO2. The van der Waals surface area contributed by atoms with Gasteiger partial charge in [0.25, 0.3) is 0 Å².